The lowest BCUT2D eigenvalue weighted by atomic mass is 10.1. The maximum atomic E-state index is 12.8. The average molecular weight is 348 g/mol. The van der Waals surface area contributed by atoms with Crippen LogP contribution in [0.3, 0.4) is 0 Å². The van der Waals surface area contributed by atoms with Crippen LogP contribution in [0.25, 0.3) is 0 Å². The van der Waals surface area contributed by atoms with Crippen molar-refractivity contribution in [2.24, 2.45) is 0 Å². The second kappa shape index (κ2) is 8.87. The number of likely N-dealkylation sites (tertiary alicyclic amines) is 1. The van der Waals surface area contributed by atoms with E-state index in [9.17, 15) is 14.4 Å². The van der Waals surface area contributed by atoms with Gasteiger partial charge in [-0.05, 0) is 37.0 Å². The summed E-state index contributed by atoms with van der Waals surface area (Å²) in [5.41, 5.74) is 1.47. The first kappa shape index (κ1) is 18.5. The third kappa shape index (κ3) is 4.84. The number of carbonyl (C=O) groups excluding carboxylic acids is 3. The van der Waals surface area contributed by atoms with Crippen molar-refractivity contribution >= 4 is 29.4 Å². The number of Topliss-reactive ketones (excluding diaryl/α,β-unsaturated/α-hetero) is 1. The van der Waals surface area contributed by atoms with Gasteiger partial charge in [-0.2, -0.15) is 11.8 Å². The predicted molar refractivity (Wildman–Crippen MR) is 96.3 cm³/mol. The molecule has 1 heterocycles. The number of piperidine rings is 1. The highest BCUT2D eigenvalue weighted by Crippen LogP contribution is 2.13. The molecule has 2 amide bonds. The Bertz CT molecular complexity index is 608. The summed E-state index contributed by atoms with van der Waals surface area (Å²) in [6.45, 7) is 2.78. The van der Waals surface area contributed by atoms with Crippen LogP contribution >= 0.6 is 11.8 Å². The van der Waals surface area contributed by atoms with Crippen molar-refractivity contribution in [3.63, 3.8) is 0 Å². The number of benzene rings is 1. The number of rotatable bonds is 6. The van der Waals surface area contributed by atoms with Crippen molar-refractivity contribution in [3.8, 4) is 0 Å². The summed E-state index contributed by atoms with van der Waals surface area (Å²) in [5.74, 6) is 0.680. The van der Waals surface area contributed by atoms with Gasteiger partial charge in [-0.3, -0.25) is 14.4 Å². The minimum atomic E-state index is -0.544. The Morgan fingerprint density at radius 1 is 1.25 bits per heavy atom. The molecule has 1 N–H and O–H groups in total. The number of ketones is 1. The van der Waals surface area contributed by atoms with Gasteiger partial charge in [0.15, 0.2) is 0 Å². The molecule has 0 radical (unpaired) electrons. The Morgan fingerprint density at radius 3 is 2.54 bits per heavy atom. The number of nitrogens with zero attached hydrogens (tertiary/aromatic N) is 1. The molecule has 6 heteroatoms. The van der Waals surface area contributed by atoms with E-state index in [2.05, 4.69) is 5.32 Å². The Balaban J connectivity index is 2.07. The lowest BCUT2D eigenvalue weighted by Gasteiger charge is -2.30. The molecule has 1 fully saturated rings. The average Bonchev–Trinajstić information content (AvgIpc) is 2.59. The topological polar surface area (TPSA) is 66.5 Å². The summed E-state index contributed by atoms with van der Waals surface area (Å²) < 4.78 is 0. The highest BCUT2D eigenvalue weighted by molar-refractivity contribution is 7.98. The van der Waals surface area contributed by atoms with Crippen molar-refractivity contribution in [3.05, 3.63) is 35.4 Å². The quantitative estimate of drug-likeness (QED) is 0.854. The molecule has 2 rings (SSSR count). The maximum Gasteiger partial charge on any atom is 0.252 e. The fourth-order valence-electron chi connectivity index (χ4n) is 2.75. The van der Waals surface area contributed by atoms with Gasteiger partial charge in [-0.25, -0.2) is 0 Å². The van der Waals surface area contributed by atoms with E-state index < -0.39 is 6.04 Å². The van der Waals surface area contributed by atoms with E-state index in [4.69, 9.17) is 0 Å². The van der Waals surface area contributed by atoms with Gasteiger partial charge in [0.2, 0.25) is 5.91 Å². The molecule has 1 aliphatic rings. The van der Waals surface area contributed by atoms with Crippen LogP contribution in [-0.4, -0.2) is 53.6 Å². The van der Waals surface area contributed by atoms with Gasteiger partial charge >= 0.3 is 0 Å². The molecule has 1 aromatic carbocycles. The van der Waals surface area contributed by atoms with Gasteiger partial charge < -0.3 is 10.2 Å². The van der Waals surface area contributed by atoms with E-state index in [0.717, 1.165) is 11.3 Å². The number of hydrogen-bond acceptors (Lipinski definition) is 4. The second-order valence-corrected chi connectivity index (χ2v) is 6.97. The normalized spacial score (nSPS) is 15.9. The maximum absolute atomic E-state index is 12.8. The lowest BCUT2D eigenvalue weighted by molar-refractivity contribution is -0.136. The van der Waals surface area contributed by atoms with Gasteiger partial charge in [0, 0.05) is 31.5 Å². The summed E-state index contributed by atoms with van der Waals surface area (Å²) in [4.78, 5) is 38.4. The molecule has 0 spiro atoms. The van der Waals surface area contributed by atoms with Crippen LogP contribution in [-0.2, 0) is 9.59 Å². The molecule has 1 unspecified atom stereocenters. The molecule has 24 heavy (non-hydrogen) atoms. The van der Waals surface area contributed by atoms with Crippen LogP contribution in [0.4, 0.5) is 0 Å². The zero-order valence-corrected chi connectivity index (χ0v) is 15.0. The van der Waals surface area contributed by atoms with Crippen LogP contribution in [0.1, 0.15) is 35.2 Å². The van der Waals surface area contributed by atoms with E-state index in [0.29, 0.717) is 37.9 Å². The van der Waals surface area contributed by atoms with E-state index >= 15 is 0 Å². The van der Waals surface area contributed by atoms with E-state index in [-0.39, 0.29) is 17.6 Å². The molecule has 130 valence electrons. The molecule has 5 nitrogen and oxygen atoms in total. The Kier molecular flexibility index (Phi) is 6.85. The first-order valence-electron chi connectivity index (χ1n) is 8.19. The molecule has 1 atom stereocenters. The van der Waals surface area contributed by atoms with Crippen LogP contribution < -0.4 is 5.32 Å². The van der Waals surface area contributed by atoms with Gasteiger partial charge in [0.1, 0.15) is 11.8 Å². The van der Waals surface area contributed by atoms with Crippen molar-refractivity contribution in [2.75, 3.05) is 25.1 Å². The molecule has 1 aromatic rings. The lowest BCUT2D eigenvalue weighted by Crippen LogP contribution is -2.51. The van der Waals surface area contributed by atoms with E-state index in [1.54, 1.807) is 22.7 Å². The largest absolute Gasteiger partial charge is 0.340 e. The number of aryl methyl sites for hydroxylation is 1. The molecule has 0 aromatic heterocycles. The molecular weight excluding hydrogens is 324 g/mol. The third-order valence-electron chi connectivity index (χ3n) is 4.24. The second-order valence-electron chi connectivity index (χ2n) is 5.99. The van der Waals surface area contributed by atoms with Gasteiger partial charge in [0.05, 0.1) is 0 Å². The number of amides is 2. The monoisotopic (exact) mass is 348 g/mol. The van der Waals surface area contributed by atoms with Crippen LogP contribution in [0.2, 0.25) is 0 Å². The van der Waals surface area contributed by atoms with Crippen LogP contribution in [0.15, 0.2) is 24.3 Å². The fourth-order valence-corrected chi connectivity index (χ4v) is 3.23. The van der Waals surface area contributed by atoms with Gasteiger partial charge in [0.25, 0.3) is 5.91 Å². The zero-order valence-electron chi connectivity index (χ0n) is 14.2. The molecular formula is C18H24N2O3S. The summed E-state index contributed by atoms with van der Waals surface area (Å²) in [7, 11) is 0. The summed E-state index contributed by atoms with van der Waals surface area (Å²) >= 11 is 1.64. The highest BCUT2D eigenvalue weighted by atomic mass is 32.2. The number of hydrogen-bond donors (Lipinski definition) is 1. The van der Waals surface area contributed by atoms with Crippen molar-refractivity contribution in [1.82, 2.24) is 10.2 Å². The van der Waals surface area contributed by atoms with Gasteiger partial charge in [-0.15, -0.1) is 0 Å². The first-order valence-corrected chi connectivity index (χ1v) is 9.58. The SMILES string of the molecule is CSCCC(NC(=O)c1ccccc1C)C(=O)N1CCC(=O)CC1. The Morgan fingerprint density at radius 2 is 1.92 bits per heavy atom. The zero-order chi connectivity index (χ0) is 17.5. The van der Waals surface area contributed by atoms with Crippen LogP contribution in [0.5, 0.6) is 0 Å². The Hall–Kier alpha value is -1.82. The summed E-state index contributed by atoms with van der Waals surface area (Å²) in [6.07, 6.45) is 3.38. The molecule has 1 saturated heterocycles. The summed E-state index contributed by atoms with van der Waals surface area (Å²) in [5, 5.41) is 2.89. The standard InChI is InChI=1S/C18H24N2O3S/c1-13-5-3-4-6-15(13)17(22)19-16(9-12-24-2)18(23)20-10-7-14(21)8-11-20/h3-6,16H,7-12H2,1-2H3,(H,19,22). The number of thioether (sulfide) groups is 1. The first-order chi connectivity index (χ1) is 11.5. The number of nitrogens with one attached hydrogen (secondary N) is 1. The predicted octanol–water partition coefficient (Wildman–Crippen LogP) is 2.04. The number of carbonyl (C=O) groups is 3. The third-order valence-corrected chi connectivity index (χ3v) is 4.88. The van der Waals surface area contributed by atoms with E-state index in [1.807, 2.05) is 31.4 Å². The fraction of sp³-hybridized carbons (Fsp3) is 0.500. The summed E-state index contributed by atoms with van der Waals surface area (Å²) in [6, 6.07) is 6.80. The van der Waals surface area contributed by atoms with Crippen molar-refractivity contribution in [2.45, 2.75) is 32.2 Å². The smallest absolute Gasteiger partial charge is 0.252 e. The highest BCUT2D eigenvalue weighted by Gasteiger charge is 2.28. The van der Waals surface area contributed by atoms with Crippen molar-refractivity contribution in [1.29, 1.82) is 0 Å². The minimum Gasteiger partial charge on any atom is -0.340 e. The van der Waals surface area contributed by atoms with E-state index in [1.165, 1.54) is 0 Å². The van der Waals surface area contributed by atoms with Crippen LogP contribution in [0, 0.1) is 6.92 Å². The minimum absolute atomic E-state index is 0.0847. The molecule has 0 saturated carbocycles. The molecule has 0 aliphatic carbocycles. The van der Waals surface area contributed by atoms with Gasteiger partial charge in [-0.1, -0.05) is 18.2 Å². The van der Waals surface area contributed by atoms with Crippen molar-refractivity contribution < 1.29 is 14.4 Å². The molecule has 1 aliphatic heterocycles. The Labute approximate surface area is 147 Å². The molecule has 0 bridgehead atoms.